The third-order valence-electron chi connectivity index (χ3n) is 3.40. The lowest BCUT2D eigenvalue weighted by atomic mass is 10.0. The van der Waals surface area contributed by atoms with Crippen molar-refractivity contribution in [2.75, 3.05) is 19.8 Å². The summed E-state index contributed by atoms with van der Waals surface area (Å²) in [5.41, 5.74) is 1.25. The summed E-state index contributed by atoms with van der Waals surface area (Å²) in [7, 11) is 0. The van der Waals surface area contributed by atoms with Crippen LogP contribution in [-0.4, -0.2) is 30.8 Å². The summed E-state index contributed by atoms with van der Waals surface area (Å²) in [5.74, 6) is 0.911. The highest BCUT2D eigenvalue weighted by Gasteiger charge is 2.08. The number of aliphatic hydroxyl groups is 1. The van der Waals surface area contributed by atoms with Crippen LogP contribution in [0.1, 0.15) is 32.3 Å². The van der Waals surface area contributed by atoms with Crippen molar-refractivity contribution in [2.45, 2.75) is 33.1 Å². The Morgan fingerprint density at radius 2 is 2.00 bits per heavy atom. The molecule has 0 spiro atoms. The summed E-state index contributed by atoms with van der Waals surface area (Å²) in [6.07, 6.45) is 2.65. The lowest BCUT2D eigenvalue weighted by Crippen LogP contribution is -2.33. The largest absolute Gasteiger partial charge is 0.484 e. The SMILES string of the molecule is CCc1ccc(OCC(=O)NCC(CC)CCO)cc1. The minimum atomic E-state index is -0.124. The summed E-state index contributed by atoms with van der Waals surface area (Å²) >= 11 is 0. The van der Waals surface area contributed by atoms with Crippen molar-refractivity contribution in [3.8, 4) is 5.75 Å². The molecule has 20 heavy (non-hydrogen) atoms. The molecule has 0 bridgehead atoms. The fourth-order valence-corrected chi connectivity index (χ4v) is 1.91. The Kier molecular flexibility index (Phi) is 7.73. The van der Waals surface area contributed by atoms with Gasteiger partial charge in [-0.1, -0.05) is 32.4 Å². The van der Waals surface area contributed by atoms with E-state index in [0.717, 1.165) is 19.3 Å². The second-order valence-corrected chi connectivity index (χ2v) is 4.88. The van der Waals surface area contributed by atoms with E-state index in [1.54, 1.807) is 0 Å². The van der Waals surface area contributed by atoms with Gasteiger partial charge in [0.25, 0.3) is 5.91 Å². The highest BCUT2D eigenvalue weighted by atomic mass is 16.5. The summed E-state index contributed by atoms with van der Waals surface area (Å²) < 4.78 is 5.43. The third-order valence-corrected chi connectivity index (χ3v) is 3.40. The lowest BCUT2D eigenvalue weighted by Gasteiger charge is -2.14. The average Bonchev–Trinajstić information content (AvgIpc) is 2.49. The first-order chi connectivity index (χ1) is 9.69. The van der Waals surface area contributed by atoms with E-state index in [1.165, 1.54) is 5.56 Å². The number of hydrogen-bond donors (Lipinski definition) is 2. The van der Waals surface area contributed by atoms with Gasteiger partial charge in [-0.05, 0) is 36.5 Å². The maximum atomic E-state index is 11.7. The minimum Gasteiger partial charge on any atom is -0.484 e. The molecule has 1 amide bonds. The molecular formula is C16H25NO3. The van der Waals surface area contributed by atoms with Gasteiger partial charge in [0, 0.05) is 13.2 Å². The molecule has 1 atom stereocenters. The number of hydrogen-bond acceptors (Lipinski definition) is 3. The number of rotatable bonds is 9. The number of aliphatic hydroxyl groups excluding tert-OH is 1. The maximum absolute atomic E-state index is 11.7. The number of ether oxygens (including phenoxy) is 1. The van der Waals surface area contributed by atoms with Crippen LogP contribution in [0.3, 0.4) is 0 Å². The zero-order chi connectivity index (χ0) is 14.8. The van der Waals surface area contributed by atoms with Gasteiger partial charge >= 0.3 is 0 Å². The second kappa shape index (κ2) is 9.37. The second-order valence-electron chi connectivity index (χ2n) is 4.88. The molecule has 2 N–H and O–H groups in total. The molecular weight excluding hydrogens is 254 g/mol. The van der Waals surface area contributed by atoms with Crippen LogP contribution in [0.5, 0.6) is 5.75 Å². The molecule has 0 fully saturated rings. The summed E-state index contributed by atoms with van der Waals surface area (Å²) in [6.45, 7) is 4.93. The Labute approximate surface area is 121 Å². The molecule has 4 nitrogen and oxygen atoms in total. The first-order valence-electron chi connectivity index (χ1n) is 7.28. The molecule has 0 aliphatic heterocycles. The van der Waals surface area contributed by atoms with Crippen molar-refractivity contribution in [3.63, 3.8) is 0 Å². The Morgan fingerprint density at radius 1 is 1.30 bits per heavy atom. The number of carbonyl (C=O) groups is 1. The molecule has 0 saturated carbocycles. The van der Waals surface area contributed by atoms with Gasteiger partial charge in [0.2, 0.25) is 0 Å². The minimum absolute atomic E-state index is 0.0288. The number of aryl methyl sites for hydroxylation is 1. The zero-order valence-corrected chi connectivity index (χ0v) is 12.4. The molecule has 0 heterocycles. The molecule has 0 aromatic heterocycles. The first-order valence-corrected chi connectivity index (χ1v) is 7.28. The number of amides is 1. The van der Waals surface area contributed by atoms with E-state index in [0.29, 0.717) is 18.2 Å². The smallest absolute Gasteiger partial charge is 0.257 e. The predicted octanol–water partition coefficient (Wildman–Crippen LogP) is 2.15. The molecule has 0 saturated heterocycles. The van der Waals surface area contributed by atoms with E-state index in [1.807, 2.05) is 24.3 Å². The van der Waals surface area contributed by atoms with Crippen molar-refractivity contribution in [3.05, 3.63) is 29.8 Å². The van der Waals surface area contributed by atoms with Crippen LogP contribution in [-0.2, 0) is 11.2 Å². The molecule has 4 heteroatoms. The van der Waals surface area contributed by atoms with Crippen LogP contribution in [0.2, 0.25) is 0 Å². The number of benzene rings is 1. The zero-order valence-electron chi connectivity index (χ0n) is 12.4. The van der Waals surface area contributed by atoms with Crippen LogP contribution < -0.4 is 10.1 Å². The van der Waals surface area contributed by atoms with Crippen molar-refractivity contribution in [1.82, 2.24) is 5.32 Å². The van der Waals surface area contributed by atoms with Crippen molar-refractivity contribution in [2.24, 2.45) is 5.92 Å². The van der Waals surface area contributed by atoms with Gasteiger partial charge in [0.05, 0.1) is 0 Å². The van der Waals surface area contributed by atoms with Crippen molar-refractivity contribution >= 4 is 5.91 Å². The van der Waals surface area contributed by atoms with E-state index < -0.39 is 0 Å². The van der Waals surface area contributed by atoms with Crippen molar-refractivity contribution in [1.29, 1.82) is 0 Å². The Hall–Kier alpha value is -1.55. The highest BCUT2D eigenvalue weighted by Crippen LogP contribution is 2.12. The predicted molar refractivity (Wildman–Crippen MR) is 79.8 cm³/mol. The van der Waals surface area contributed by atoms with Gasteiger partial charge in [0.15, 0.2) is 6.61 Å². The lowest BCUT2D eigenvalue weighted by molar-refractivity contribution is -0.123. The normalized spacial score (nSPS) is 11.9. The molecule has 112 valence electrons. The number of carbonyl (C=O) groups excluding carboxylic acids is 1. The topological polar surface area (TPSA) is 58.6 Å². The van der Waals surface area contributed by atoms with E-state index >= 15 is 0 Å². The van der Waals surface area contributed by atoms with E-state index in [2.05, 4.69) is 19.2 Å². The Morgan fingerprint density at radius 3 is 2.55 bits per heavy atom. The van der Waals surface area contributed by atoms with Crippen molar-refractivity contribution < 1.29 is 14.6 Å². The standard InChI is InChI=1S/C16H25NO3/c1-3-13-5-7-15(8-6-13)20-12-16(19)17-11-14(4-2)9-10-18/h5-8,14,18H,3-4,9-12H2,1-2H3,(H,17,19). The Balaban J connectivity index is 2.28. The van der Waals surface area contributed by atoms with Crippen LogP contribution in [0, 0.1) is 5.92 Å². The summed E-state index contributed by atoms with van der Waals surface area (Å²) in [6, 6.07) is 7.77. The molecule has 0 aliphatic rings. The highest BCUT2D eigenvalue weighted by molar-refractivity contribution is 5.77. The van der Waals surface area contributed by atoms with Gasteiger partial charge < -0.3 is 15.2 Å². The average molecular weight is 279 g/mol. The van der Waals surface area contributed by atoms with Gasteiger partial charge in [-0.25, -0.2) is 0 Å². The molecule has 0 aliphatic carbocycles. The summed E-state index contributed by atoms with van der Waals surface area (Å²) in [4.78, 5) is 11.7. The fourth-order valence-electron chi connectivity index (χ4n) is 1.91. The Bertz CT molecular complexity index is 389. The van der Waals surface area contributed by atoms with Gasteiger partial charge in [0.1, 0.15) is 5.75 Å². The summed E-state index contributed by atoms with van der Waals surface area (Å²) in [5, 5.41) is 11.7. The van der Waals surface area contributed by atoms with Crippen LogP contribution in [0.4, 0.5) is 0 Å². The molecule has 1 unspecified atom stereocenters. The van der Waals surface area contributed by atoms with Crippen LogP contribution in [0.15, 0.2) is 24.3 Å². The third kappa shape index (κ3) is 6.06. The van der Waals surface area contributed by atoms with Crippen LogP contribution in [0.25, 0.3) is 0 Å². The van der Waals surface area contributed by atoms with E-state index in [9.17, 15) is 4.79 Å². The quantitative estimate of drug-likeness (QED) is 0.728. The van der Waals surface area contributed by atoms with E-state index in [4.69, 9.17) is 9.84 Å². The molecule has 1 aromatic carbocycles. The number of nitrogens with one attached hydrogen (secondary N) is 1. The molecule has 0 radical (unpaired) electrons. The van der Waals surface area contributed by atoms with E-state index in [-0.39, 0.29) is 19.1 Å². The first kappa shape index (κ1) is 16.5. The fraction of sp³-hybridized carbons (Fsp3) is 0.562. The van der Waals surface area contributed by atoms with Gasteiger partial charge in [-0.2, -0.15) is 0 Å². The maximum Gasteiger partial charge on any atom is 0.257 e. The monoisotopic (exact) mass is 279 g/mol. The van der Waals surface area contributed by atoms with Crippen LogP contribution >= 0.6 is 0 Å². The van der Waals surface area contributed by atoms with Gasteiger partial charge in [-0.3, -0.25) is 4.79 Å². The van der Waals surface area contributed by atoms with Gasteiger partial charge in [-0.15, -0.1) is 0 Å². The molecule has 1 aromatic rings. The molecule has 1 rings (SSSR count).